The van der Waals surface area contributed by atoms with Crippen molar-refractivity contribution < 1.29 is 22.7 Å². The number of aromatic nitrogens is 4. The number of hydrogen-bond acceptors (Lipinski definition) is 5. The number of hydrogen-bond donors (Lipinski definition) is 0. The van der Waals surface area contributed by atoms with Crippen molar-refractivity contribution >= 4 is 17.5 Å². The Morgan fingerprint density at radius 3 is 2.79 bits per heavy atom. The molecule has 4 heterocycles. The lowest BCUT2D eigenvalue weighted by Gasteiger charge is -2.45. The van der Waals surface area contributed by atoms with Crippen LogP contribution in [0.2, 0.25) is 5.02 Å². The molecule has 0 radical (unpaired) electrons. The van der Waals surface area contributed by atoms with E-state index in [2.05, 4.69) is 15.2 Å². The Hall–Kier alpha value is -3.14. The van der Waals surface area contributed by atoms with E-state index in [1.807, 2.05) is 4.57 Å². The standard InChI is InChI=1S/C22H19ClF3N5O2/c1-33-13-8-9-27-16(10-13)19-28-29-20-17-7-2-4-12(11-30(19)20)31(17)21(32)14-5-3-6-15(18(14)23)22(24,25)26/h3,5-6,8-10,12,17H,2,4,7,11H2,1H3/t12-,17-/m1/s1. The molecule has 2 atom stereocenters. The van der Waals surface area contributed by atoms with Gasteiger partial charge >= 0.3 is 6.18 Å². The summed E-state index contributed by atoms with van der Waals surface area (Å²) in [4.78, 5) is 19.5. The molecule has 1 amide bonds. The van der Waals surface area contributed by atoms with Crippen LogP contribution in [0.15, 0.2) is 36.5 Å². The van der Waals surface area contributed by atoms with Gasteiger partial charge in [-0.2, -0.15) is 13.2 Å². The van der Waals surface area contributed by atoms with E-state index in [0.29, 0.717) is 42.5 Å². The fourth-order valence-corrected chi connectivity index (χ4v) is 4.99. The largest absolute Gasteiger partial charge is 0.497 e. The number of ether oxygens (including phenoxy) is 1. The van der Waals surface area contributed by atoms with Crippen LogP contribution >= 0.6 is 11.6 Å². The van der Waals surface area contributed by atoms with Gasteiger partial charge in [-0.15, -0.1) is 10.2 Å². The molecule has 2 bridgehead atoms. The highest BCUT2D eigenvalue weighted by atomic mass is 35.5. The van der Waals surface area contributed by atoms with Crippen LogP contribution in [0.1, 0.15) is 47.1 Å². The van der Waals surface area contributed by atoms with Gasteiger partial charge in [0.15, 0.2) is 11.6 Å². The highest BCUT2D eigenvalue weighted by molar-refractivity contribution is 6.34. The number of fused-ring (bicyclic) bond motifs is 4. The molecule has 2 aromatic heterocycles. The molecule has 33 heavy (non-hydrogen) atoms. The third kappa shape index (κ3) is 3.62. The van der Waals surface area contributed by atoms with E-state index in [1.54, 1.807) is 30.3 Å². The highest BCUT2D eigenvalue weighted by Gasteiger charge is 2.44. The second-order valence-corrected chi connectivity index (χ2v) is 8.43. The number of methoxy groups -OCH3 is 1. The molecule has 1 fully saturated rings. The Bertz CT molecular complexity index is 1230. The number of alkyl halides is 3. The summed E-state index contributed by atoms with van der Waals surface area (Å²) in [5, 5.41) is 8.07. The first-order valence-corrected chi connectivity index (χ1v) is 10.8. The molecule has 0 saturated carbocycles. The molecule has 11 heteroatoms. The van der Waals surface area contributed by atoms with E-state index in [9.17, 15) is 18.0 Å². The number of piperidine rings is 1. The molecule has 0 unspecified atom stereocenters. The normalized spacial score (nSPS) is 19.8. The molecule has 0 spiro atoms. The summed E-state index contributed by atoms with van der Waals surface area (Å²) < 4.78 is 47.2. The zero-order valence-electron chi connectivity index (χ0n) is 17.5. The molecule has 3 aromatic rings. The zero-order valence-corrected chi connectivity index (χ0v) is 18.3. The third-order valence-electron chi connectivity index (χ3n) is 6.18. The Kier molecular flexibility index (Phi) is 5.27. The van der Waals surface area contributed by atoms with Crippen molar-refractivity contribution in [2.45, 2.75) is 44.1 Å². The first kappa shape index (κ1) is 21.7. The van der Waals surface area contributed by atoms with Crippen molar-refractivity contribution in [3.63, 3.8) is 0 Å². The number of rotatable bonds is 3. The second kappa shape index (κ2) is 8.02. The van der Waals surface area contributed by atoms with E-state index >= 15 is 0 Å². The van der Waals surface area contributed by atoms with Crippen molar-refractivity contribution in [3.8, 4) is 17.3 Å². The van der Waals surface area contributed by atoms with Crippen LogP contribution in [-0.4, -0.2) is 43.7 Å². The van der Waals surface area contributed by atoms with E-state index in [4.69, 9.17) is 16.3 Å². The number of amides is 1. The molecule has 1 saturated heterocycles. The number of benzene rings is 1. The molecule has 0 N–H and O–H groups in total. The fraction of sp³-hybridized carbons (Fsp3) is 0.364. The highest BCUT2D eigenvalue weighted by Crippen LogP contribution is 2.43. The molecule has 1 aromatic carbocycles. The van der Waals surface area contributed by atoms with E-state index in [0.717, 1.165) is 12.5 Å². The summed E-state index contributed by atoms with van der Waals surface area (Å²) in [5.74, 6) is 1.24. The maximum atomic E-state index is 13.5. The smallest absolute Gasteiger partial charge is 0.417 e. The number of nitrogens with zero attached hydrogens (tertiary/aromatic N) is 5. The topological polar surface area (TPSA) is 73.1 Å². The Morgan fingerprint density at radius 1 is 1.21 bits per heavy atom. The van der Waals surface area contributed by atoms with Crippen molar-refractivity contribution in [2.75, 3.05) is 7.11 Å². The number of carbonyl (C=O) groups excluding carboxylic acids is 1. The summed E-state index contributed by atoms with van der Waals surface area (Å²) in [7, 11) is 1.56. The van der Waals surface area contributed by atoms with Gasteiger partial charge in [0, 0.05) is 18.8 Å². The van der Waals surface area contributed by atoms with Gasteiger partial charge in [0.05, 0.1) is 35.3 Å². The molecule has 2 aliphatic rings. The summed E-state index contributed by atoms with van der Waals surface area (Å²) in [6, 6.07) is 6.26. The van der Waals surface area contributed by atoms with Gasteiger partial charge in [-0.25, -0.2) is 0 Å². The van der Waals surface area contributed by atoms with Crippen LogP contribution in [-0.2, 0) is 12.7 Å². The molecule has 5 rings (SSSR count). The quantitative estimate of drug-likeness (QED) is 0.543. The van der Waals surface area contributed by atoms with Crippen LogP contribution in [0.5, 0.6) is 5.75 Å². The van der Waals surface area contributed by atoms with Crippen molar-refractivity contribution in [1.29, 1.82) is 0 Å². The van der Waals surface area contributed by atoms with E-state index in [-0.39, 0.29) is 11.6 Å². The monoisotopic (exact) mass is 477 g/mol. The van der Waals surface area contributed by atoms with Gasteiger partial charge in [-0.05, 0) is 37.5 Å². The van der Waals surface area contributed by atoms with Gasteiger partial charge in [-0.3, -0.25) is 9.78 Å². The Labute approximate surface area is 192 Å². The average molecular weight is 478 g/mol. The van der Waals surface area contributed by atoms with Gasteiger partial charge in [0.25, 0.3) is 5.91 Å². The minimum Gasteiger partial charge on any atom is -0.497 e. The predicted octanol–water partition coefficient (Wildman–Crippen LogP) is 4.77. The minimum atomic E-state index is -4.65. The molecule has 0 aliphatic carbocycles. The Morgan fingerprint density at radius 2 is 2.03 bits per heavy atom. The fourth-order valence-electron chi connectivity index (χ4n) is 4.68. The van der Waals surface area contributed by atoms with Gasteiger partial charge in [0.1, 0.15) is 11.4 Å². The summed E-state index contributed by atoms with van der Waals surface area (Å²) in [6.45, 7) is 0.412. The third-order valence-corrected chi connectivity index (χ3v) is 6.59. The summed E-state index contributed by atoms with van der Waals surface area (Å²) >= 11 is 6.06. The lowest BCUT2D eigenvalue weighted by Crippen LogP contribution is -2.52. The Balaban J connectivity index is 1.54. The van der Waals surface area contributed by atoms with Crippen LogP contribution in [0.25, 0.3) is 11.5 Å². The van der Waals surface area contributed by atoms with Gasteiger partial charge < -0.3 is 14.2 Å². The lowest BCUT2D eigenvalue weighted by atomic mass is 9.90. The molecule has 172 valence electrons. The molecule has 2 aliphatic heterocycles. The SMILES string of the molecule is COc1ccnc(-c2nnc3n2C[C@H]2CCC[C@H]3N2C(=O)c2cccc(C(F)(F)F)c2Cl)c1. The minimum absolute atomic E-state index is 0.161. The first-order chi connectivity index (χ1) is 15.8. The number of pyridine rings is 1. The number of carbonyl (C=O) groups is 1. The van der Waals surface area contributed by atoms with E-state index in [1.165, 1.54) is 12.1 Å². The van der Waals surface area contributed by atoms with Crippen molar-refractivity contribution in [3.05, 3.63) is 58.5 Å². The summed E-state index contributed by atoms with van der Waals surface area (Å²) in [6.07, 6.45) is -0.826. The van der Waals surface area contributed by atoms with Crippen LogP contribution in [0.3, 0.4) is 0 Å². The molecular formula is C22H19ClF3N5O2. The van der Waals surface area contributed by atoms with Crippen LogP contribution < -0.4 is 4.74 Å². The van der Waals surface area contributed by atoms with Crippen molar-refractivity contribution in [1.82, 2.24) is 24.6 Å². The predicted molar refractivity (Wildman–Crippen MR) is 113 cm³/mol. The van der Waals surface area contributed by atoms with Crippen LogP contribution in [0, 0.1) is 0 Å². The molecule has 7 nitrogen and oxygen atoms in total. The number of halogens is 4. The maximum absolute atomic E-state index is 13.5. The summed E-state index contributed by atoms with van der Waals surface area (Å²) in [5.41, 5.74) is -0.593. The second-order valence-electron chi connectivity index (χ2n) is 8.05. The maximum Gasteiger partial charge on any atom is 0.417 e. The van der Waals surface area contributed by atoms with Gasteiger partial charge in [-0.1, -0.05) is 17.7 Å². The van der Waals surface area contributed by atoms with Gasteiger partial charge in [0.2, 0.25) is 0 Å². The average Bonchev–Trinajstić information content (AvgIpc) is 3.21. The van der Waals surface area contributed by atoms with Crippen LogP contribution in [0.4, 0.5) is 13.2 Å². The molecular weight excluding hydrogens is 459 g/mol. The first-order valence-electron chi connectivity index (χ1n) is 10.4. The zero-order chi connectivity index (χ0) is 23.3. The van der Waals surface area contributed by atoms with E-state index < -0.39 is 28.7 Å². The van der Waals surface area contributed by atoms with Crippen molar-refractivity contribution in [2.24, 2.45) is 0 Å². The lowest BCUT2D eigenvalue weighted by molar-refractivity contribution is -0.137.